The minimum Gasteiger partial charge on any atom is -0.469 e. The Morgan fingerprint density at radius 3 is 1.59 bits per heavy atom. The summed E-state index contributed by atoms with van der Waals surface area (Å²) in [5.74, 6) is -1.66. The van der Waals surface area contributed by atoms with Crippen LogP contribution in [0.4, 0.5) is 0 Å². The molecule has 0 unspecified atom stereocenters. The van der Waals surface area contributed by atoms with Crippen molar-refractivity contribution < 1.29 is 33.7 Å². The number of hydrogen-bond donors (Lipinski definition) is 1. The lowest BCUT2D eigenvalue weighted by molar-refractivity contribution is -0.144. The SMILES string of the molecule is COCCn1c(=O)n(CCO)c(=O)n(CCOC(=O)CCn2c(=O)n(CCC(=O)OC)c(=O)n(CC(=O)CCC3CCCCC3)c2=O)c1=O. The predicted molar refractivity (Wildman–Crippen MR) is 170 cm³/mol. The summed E-state index contributed by atoms with van der Waals surface area (Å²) in [7, 11) is 2.48. The van der Waals surface area contributed by atoms with Gasteiger partial charge in [0, 0.05) is 26.6 Å². The van der Waals surface area contributed by atoms with Gasteiger partial charge >= 0.3 is 46.1 Å². The highest BCUT2D eigenvalue weighted by atomic mass is 16.5. The zero-order valence-corrected chi connectivity index (χ0v) is 27.8. The van der Waals surface area contributed by atoms with Crippen LogP contribution in [0.25, 0.3) is 0 Å². The lowest BCUT2D eigenvalue weighted by atomic mass is 9.85. The molecule has 0 saturated heterocycles. The minimum atomic E-state index is -1.11. The molecule has 0 spiro atoms. The van der Waals surface area contributed by atoms with E-state index in [-0.39, 0.29) is 38.3 Å². The molecule has 0 radical (unpaired) electrons. The number of aliphatic hydroxyl groups excluding tert-OH is 1. The Labute approximate surface area is 278 Å². The van der Waals surface area contributed by atoms with E-state index >= 15 is 0 Å². The summed E-state index contributed by atoms with van der Waals surface area (Å²) in [6.45, 7) is -3.71. The van der Waals surface area contributed by atoms with Crippen molar-refractivity contribution in [3.8, 4) is 0 Å². The van der Waals surface area contributed by atoms with Gasteiger partial charge in [-0.2, -0.15) is 0 Å². The summed E-state index contributed by atoms with van der Waals surface area (Å²) in [6.07, 6.45) is 5.16. The van der Waals surface area contributed by atoms with Crippen LogP contribution in [-0.2, 0) is 67.9 Å². The second kappa shape index (κ2) is 18.8. The maximum Gasteiger partial charge on any atom is 0.336 e. The molecule has 1 aliphatic carbocycles. The predicted octanol–water partition coefficient (Wildman–Crippen LogP) is -2.58. The number of rotatable bonds is 19. The second-order valence-electron chi connectivity index (χ2n) is 11.6. The van der Waals surface area contributed by atoms with Crippen LogP contribution in [0.15, 0.2) is 28.8 Å². The molecule has 1 fully saturated rings. The number of aliphatic hydroxyl groups is 1. The van der Waals surface area contributed by atoms with Gasteiger partial charge in [0.05, 0.1) is 59.3 Å². The van der Waals surface area contributed by atoms with Gasteiger partial charge in [0.25, 0.3) is 0 Å². The number of aromatic nitrogens is 6. The third-order valence-corrected chi connectivity index (χ3v) is 8.39. The van der Waals surface area contributed by atoms with Gasteiger partial charge < -0.3 is 19.3 Å². The van der Waals surface area contributed by atoms with Crippen molar-refractivity contribution >= 4 is 17.7 Å². The van der Waals surface area contributed by atoms with Crippen molar-refractivity contribution in [3.63, 3.8) is 0 Å². The highest BCUT2D eigenvalue weighted by Gasteiger charge is 2.21. The standard InChI is InChI=1S/C30H44N6O13/c1-47-18-15-34-26(42)33(14-17-37)27(43)35(28(34)44)16-19-49-24(40)11-13-32-25(41)31(12-10-23(39)48-2)29(45)36(30(32)46)20-22(38)9-8-21-6-4-3-5-7-21/h21,37H,3-20H2,1-2H3. The summed E-state index contributed by atoms with van der Waals surface area (Å²) in [6, 6.07) is 0. The molecule has 19 nitrogen and oxygen atoms in total. The fourth-order valence-corrected chi connectivity index (χ4v) is 5.67. The molecule has 0 amide bonds. The molecule has 2 aromatic heterocycles. The molecule has 19 heteroatoms. The average molecular weight is 697 g/mol. The molecule has 0 aliphatic heterocycles. The number of ether oxygens (including phenoxy) is 3. The summed E-state index contributed by atoms with van der Waals surface area (Å²) < 4.78 is 18.5. The first-order valence-corrected chi connectivity index (χ1v) is 16.2. The molecule has 1 saturated carbocycles. The van der Waals surface area contributed by atoms with E-state index in [9.17, 15) is 48.3 Å². The summed E-state index contributed by atoms with van der Waals surface area (Å²) in [4.78, 5) is 115. The van der Waals surface area contributed by atoms with E-state index in [0.29, 0.717) is 35.2 Å². The number of carbonyl (C=O) groups excluding carboxylic acids is 3. The van der Waals surface area contributed by atoms with Crippen LogP contribution in [0.3, 0.4) is 0 Å². The topological polar surface area (TPSA) is 231 Å². The Bertz CT molecular complexity index is 1840. The number of ketones is 1. The van der Waals surface area contributed by atoms with Crippen LogP contribution in [-0.4, -0.2) is 84.3 Å². The zero-order chi connectivity index (χ0) is 36.1. The van der Waals surface area contributed by atoms with Crippen molar-refractivity contribution in [3.05, 3.63) is 62.9 Å². The summed E-state index contributed by atoms with van der Waals surface area (Å²) in [5.41, 5.74) is -6.24. The van der Waals surface area contributed by atoms with Crippen LogP contribution in [0.2, 0.25) is 0 Å². The smallest absolute Gasteiger partial charge is 0.336 e. The fraction of sp³-hybridized carbons (Fsp3) is 0.700. The van der Waals surface area contributed by atoms with Crippen molar-refractivity contribution in [2.24, 2.45) is 5.92 Å². The quantitative estimate of drug-likeness (QED) is 0.149. The molecule has 2 heterocycles. The largest absolute Gasteiger partial charge is 0.469 e. The first-order chi connectivity index (χ1) is 23.4. The highest BCUT2D eigenvalue weighted by Crippen LogP contribution is 2.27. The van der Waals surface area contributed by atoms with E-state index in [1.807, 2.05) is 0 Å². The van der Waals surface area contributed by atoms with E-state index in [1.54, 1.807) is 0 Å². The monoisotopic (exact) mass is 696 g/mol. The Kier molecular flexibility index (Phi) is 14.9. The van der Waals surface area contributed by atoms with Crippen LogP contribution in [0.1, 0.15) is 57.8 Å². The van der Waals surface area contributed by atoms with E-state index in [4.69, 9.17) is 9.47 Å². The Morgan fingerprint density at radius 1 is 0.612 bits per heavy atom. The molecule has 1 aliphatic rings. The molecule has 1 N–H and O–H groups in total. The first-order valence-electron chi connectivity index (χ1n) is 16.2. The molecular formula is C30H44N6O13. The average Bonchev–Trinajstić information content (AvgIpc) is 3.09. The van der Waals surface area contributed by atoms with Crippen LogP contribution in [0.5, 0.6) is 0 Å². The molecule has 0 bridgehead atoms. The van der Waals surface area contributed by atoms with Crippen LogP contribution >= 0.6 is 0 Å². The van der Waals surface area contributed by atoms with Crippen molar-refractivity contribution in [2.45, 2.75) is 97.1 Å². The van der Waals surface area contributed by atoms with E-state index < -0.39 is 91.9 Å². The number of hydrogen-bond acceptors (Lipinski definition) is 13. The van der Waals surface area contributed by atoms with E-state index in [2.05, 4.69) is 4.74 Å². The molecular weight excluding hydrogens is 652 g/mol. The summed E-state index contributed by atoms with van der Waals surface area (Å²) in [5, 5.41) is 9.27. The Hall–Kier alpha value is -4.65. The molecule has 3 rings (SSSR count). The molecule has 0 atom stereocenters. The van der Waals surface area contributed by atoms with Gasteiger partial charge in [-0.05, 0) is 12.3 Å². The number of nitrogens with zero attached hydrogens (tertiary/aromatic N) is 6. The summed E-state index contributed by atoms with van der Waals surface area (Å²) >= 11 is 0. The van der Waals surface area contributed by atoms with E-state index in [1.165, 1.54) is 7.11 Å². The normalized spacial score (nSPS) is 13.4. The zero-order valence-electron chi connectivity index (χ0n) is 27.8. The Balaban J connectivity index is 1.77. The van der Waals surface area contributed by atoms with Crippen LogP contribution in [0, 0.1) is 5.92 Å². The van der Waals surface area contributed by atoms with Gasteiger partial charge in [-0.3, -0.25) is 14.4 Å². The minimum absolute atomic E-state index is 0.0207. The van der Waals surface area contributed by atoms with Crippen molar-refractivity contribution in [1.82, 2.24) is 27.4 Å². The van der Waals surface area contributed by atoms with Crippen molar-refractivity contribution in [2.75, 3.05) is 34.0 Å². The second-order valence-corrected chi connectivity index (χ2v) is 11.6. The van der Waals surface area contributed by atoms with Gasteiger partial charge in [-0.1, -0.05) is 32.1 Å². The molecule has 272 valence electrons. The third-order valence-electron chi connectivity index (χ3n) is 8.39. The van der Waals surface area contributed by atoms with Gasteiger partial charge in [-0.25, -0.2) is 56.2 Å². The van der Waals surface area contributed by atoms with Crippen LogP contribution < -0.4 is 34.1 Å². The van der Waals surface area contributed by atoms with Gasteiger partial charge in [0.2, 0.25) is 0 Å². The maximum absolute atomic E-state index is 13.3. The molecule has 2 aromatic rings. The maximum atomic E-state index is 13.3. The lowest BCUT2D eigenvalue weighted by Crippen LogP contribution is -2.55. The lowest BCUT2D eigenvalue weighted by Gasteiger charge is -2.21. The number of esters is 2. The first kappa shape index (κ1) is 38.8. The van der Waals surface area contributed by atoms with Crippen molar-refractivity contribution in [1.29, 1.82) is 0 Å². The highest BCUT2D eigenvalue weighted by molar-refractivity contribution is 5.78. The fourth-order valence-electron chi connectivity index (χ4n) is 5.67. The number of Topliss-reactive ketones (excluding diaryl/α,β-unsaturated/α-hetero) is 1. The third kappa shape index (κ3) is 10.2. The van der Waals surface area contributed by atoms with Gasteiger partial charge in [-0.15, -0.1) is 0 Å². The van der Waals surface area contributed by atoms with Gasteiger partial charge in [0.15, 0.2) is 5.78 Å². The van der Waals surface area contributed by atoms with E-state index in [0.717, 1.165) is 43.8 Å². The number of carbonyl (C=O) groups is 3. The number of methoxy groups -OCH3 is 2. The molecule has 0 aromatic carbocycles. The van der Waals surface area contributed by atoms with Gasteiger partial charge in [0.1, 0.15) is 6.61 Å². The molecule has 49 heavy (non-hydrogen) atoms. The Morgan fingerprint density at radius 2 is 1.08 bits per heavy atom.